The number of rotatable bonds is 4. The van der Waals surface area contributed by atoms with E-state index < -0.39 is 0 Å². The van der Waals surface area contributed by atoms with Gasteiger partial charge in [-0.15, -0.1) is 0 Å². The Morgan fingerprint density at radius 1 is 1.38 bits per heavy atom. The normalized spacial score (nSPS) is 36.0. The van der Waals surface area contributed by atoms with Crippen LogP contribution in [0.15, 0.2) is 12.1 Å². The highest BCUT2D eigenvalue weighted by molar-refractivity contribution is 5.59. The van der Waals surface area contributed by atoms with Gasteiger partial charge < -0.3 is 24.8 Å². The lowest BCUT2D eigenvalue weighted by Crippen LogP contribution is -2.65. The average molecular weight is 360 g/mol. The zero-order valence-corrected chi connectivity index (χ0v) is 16.4. The molecule has 0 amide bonds. The van der Waals surface area contributed by atoms with Crippen molar-refractivity contribution in [1.82, 2.24) is 10.2 Å². The molecule has 5 nitrogen and oxygen atoms in total. The highest BCUT2D eigenvalue weighted by Crippen LogP contribution is 2.60. The molecule has 2 heterocycles. The molecule has 5 atom stereocenters. The molecule has 1 aromatic carbocycles. The number of ether oxygens (including phenoxy) is 2. The van der Waals surface area contributed by atoms with Crippen LogP contribution in [-0.2, 0) is 5.41 Å². The predicted octanol–water partition coefficient (Wildman–Crippen LogP) is 2.09. The van der Waals surface area contributed by atoms with Crippen LogP contribution < -0.4 is 14.8 Å². The van der Waals surface area contributed by atoms with E-state index in [1.54, 1.807) is 7.11 Å². The summed E-state index contributed by atoms with van der Waals surface area (Å²) in [6.45, 7) is 6.45. The Kier molecular flexibility index (Phi) is 4.66. The van der Waals surface area contributed by atoms with Gasteiger partial charge in [0.05, 0.1) is 13.7 Å². The van der Waals surface area contributed by atoms with Crippen molar-refractivity contribution in [3.63, 3.8) is 0 Å². The van der Waals surface area contributed by atoms with Crippen molar-refractivity contribution in [3.05, 3.63) is 23.3 Å². The molecule has 1 spiro atoms. The van der Waals surface area contributed by atoms with Gasteiger partial charge in [-0.3, -0.25) is 0 Å². The van der Waals surface area contributed by atoms with Gasteiger partial charge >= 0.3 is 0 Å². The molecule has 0 aromatic heterocycles. The fourth-order valence-corrected chi connectivity index (χ4v) is 5.95. The molecular formula is C21H32N2O3. The van der Waals surface area contributed by atoms with Gasteiger partial charge in [0, 0.05) is 29.6 Å². The molecule has 1 saturated carbocycles. The van der Waals surface area contributed by atoms with E-state index >= 15 is 0 Å². The Morgan fingerprint density at radius 3 is 2.92 bits per heavy atom. The van der Waals surface area contributed by atoms with Crippen molar-refractivity contribution >= 4 is 0 Å². The number of piperidine rings is 1. The van der Waals surface area contributed by atoms with E-state index in [2.05, 4.69) is 37.2 Å². The fourth-order valence-electron chi connectivity index (χ4n) is 5.95. The minimum Gasteiger partial charge on any atom is -0.493 e. The molecule has 144 valence electrons. The second-order valence-corrected chi connectivity index (χ2v) is 8.31. The number of likely N-dealkylation sites (tertiary alicyclic amines) is 1. The van der Waals surface area contributed by atoms with Crippen molar-refractivity contribution in [1.29, 1.82) is 0 Å². The minimum absolute atomic E-state index is 0.0330. The van der Waals surface area contributed by atoms with Crippen LogP contribution in [0.3, 0.4) is 0 Å². The summed E-state index contributed by atoms with van der Waals surface area (Å²) in [5.74, 6) is 2.38. The van der Waals surface area contributed by atoms with E-state index in [-0.39, 0.29) is 24.2 Å². The maximum atomic E-state index is 9.31. The van der Waals surface area contributed by atoms with Gasteiger partial charge in [0.15, 0.2) is 11.5 Å². The highest BCUT2D eigenvalue weighted by Gasteiger charge is 2.62. The Morgan fingerprint density at radius 2 is 2.19 bits per heavy atom. The van der Waals surface area contributed by atoms with E-state index in [0.717, 1.165) is 30.9 Å². The van der Waals surface area contributed by atoms with Crippen molar-refractivity contribution in [2.24, 2.45) is 5.92 Å². The highest BCUT2D eigenvalue weighted by atomic mass is 16.5. The van der Waals surface area contributed by atoms with Crippen LogP contribution in [0.25, 0.3) is 0 Å². The maximum absolute atomic E-state index is 9.31. The lowest BCUT2D eigenvalue weighted by atomic mass is 9.54. The van der Waals surface area contributed by atoms with Crippen molar-refractivity contribution in [2.75, 3.05) is 33.9 Å². The summed E-state index contributed by atoms with van der Waals surface area (Å²) in [7, 11) is 3.97. The van der Waals surface area contributed by atoms with Gasteiger partial charge in [0.1, 0.15) is 6.10 Å². The van der Waals surface area contributed by atoms with Gasteiger partial charge in [-0.1, -0.05) is 6.07 Å². The standard InChI is InChI=1S/C21H32N2O3/c1-13-5-8-17(25-4)19-18(13)21-9-11-23(3)14(2)15(21)6-7-16(20(21)26-19)22-10-12-24/h5,8,14-16,20,22,24H,6-7,9-12H2,1-4H3/t14-,15+,16?,20+,21+/m0/s1. The predicted molar refractivity (Wildman–Crippen MR) is 102 cm³/mol. The molecule has 3 aliphatic rings. The summed E-state index contributed by atoms with van der Waals surface area (Å²) < 4.78 is 12.3. The first-order valence-electron chi connectivity index (χ1n) is 9.93. The van der Waals surface area contributed by atoms with Crippen LogP contribution in [0.2, 0.25) is 0 Å². The van der Waals surface area contributed by atoms with Crippen LogP contribution in [0, 0.1) is 12.8 Å². The molecular weight excluding hydrogens is 328 g/mol. The third-order valence-electron chi connectivity index (χ3n) is 7.26. The van der Waals surface area contributed by atoms with E-state index in [1.807, 2.05) is 6.07 Å². The van der Waals surface area contributed by atoms with Crippen molar-refractivity contribution in [2.45, 2.75) is 56.7 Å². The SMILES string of the molecule is COc1ccc(C)c2c1O[C@@H]1C(NCCO)CC[C@@H]3[C@H](C)N(C)CC[C@@]213. The van der Waals surface area contributed by atoms with Gasteiger partial charge in [-0.05, 0) is 64.3 Å². The summed E-state index contributed by atoms with van der Waals surface area (Å²) in [6.07, 6.45) is 3.49. The lowest BCUT2D eigenvalue weighted by molar-refractivity contribution is -0.0465. The van der Waals surface area contributed by atoms with Gasteiger partial charge in [-0.25, -0.2) is 0 Å². The van der Waals surface area contributed by atoms with Crippen molar-refractivity contribution < 1.29 is 14.6 Å². The molecule has 5 heteroatoms. The summed E-state index contributed by atoms with van der Waals surface area (Å²) in [5.41, 5.74) is 2.72. The largest absolute Gasteiger partial charge is 0.493 e. The quantitative estimate of drug-likeness (QED) is 0.861. The molecule has 1 saturated heterocycles. The average Bonchev–Trinajstić information content (AvgIpc) is 3.00. The number of methoxy groups -OCH3 is 1. The van der Waals surface area contributed by atoms with Crippen LogP contribution in [0.1, 0.15) is 37.3 Å². The second kappa shape index (κ2) is 6.70. The maximum Gasteiger partial charge on any atom is 0.165 e. The molecule has 2 N–H and O–H groups in total. The summed E-state index contributed by atoms with van der Waals surface area (Å²) in [6, 6.07) is 5.02. The van der Waals surface area contributed by atoms with E-state index in [1.165, 1.54) is 17.5 Å². The molecule has 2 fully saturated rings. The Hall–Kier alpha value is -1.30. The molecule has 0 bridgehead atoms. The van der Waals surface area contributed by atoms with Gasteiger partial charge in [-0.2, -0.15) is 0 Å². The zero-order chi connectivity index (χ0) is 18.5. The van der Waals surface area contributed by atoms with E-state index in [4.69, 9.17) is 9.47 Å². The number of aliphatic hydroxyl groups excluding tert-OH is 1. The number of aliphatic hydroxyl groups is 1. The number of hydrogen-bond donors (Lipinski definition) is 2. The number of hydrogen-bond acceptors (Lipinski definition) is 5. The molecule has 0 radical (unpaired) electrons. The number of fused-ring (bicyclic) bond motifs is 1. The number of benzene rings is 1. The topological polar surface area (TPSA) is 54.0 Å². The van der Waals surface area contributed by atoms with E-state index in [9.17, 15) is 5.11 Å². The number of nitrogens with one attached hydrogen (secondary N) is 1. The first-order chi connectivity index (χ1) is 12.5. The Balaban J connectivity index is 1.85. The number of nitrogens with zero attached hydrogens (tertiary/aromatic N) is 1. The molecule has 1 aliphatic carbocycles. The van der Waals surface area contributed by atoms with Gasteiger partial charge in [0.25, 0.3) is 0 Å². The third kappa shape index (κ3) is 2.40. The minimum atomic E-state index is 0.0330. The number of aryl methyl sites for hydroxylation is 1. The van der Waals surface area contributed by atoms with Crippen LogP contribution in [0.5, 0.6) is 11.5 Å². The van der Waals surface area contributed by atoms with Crippen LogP contribution in [0.4, 0.5) is 0 Å². The monoisotopic (exact) mass is 360 g/mol. The second-order valence-electron chi connectivity index (χ2n) is 8.31. The fraction of sp³-hybridized carbons (Fsp3) is 0.714. The Labute approximate surface area is 156 Å². The molecule has 2 aliphatic heterocycles. The first-order valence-corrected chi connectivity index (χ1v) is 9.93. The lowest BCUT2D eigenvalue weighted by Gasteiger charge is -2.56. The van der Waals surface area contributed by atoms with E-state index in [0.29, 0.717) is 18.5 Å². The smallest absolute Gasteiger partial charge is 0.165 e. The third-order valence-corrected chi connectivity index (χ3v) is 7.26. The van der Waals surface area contributed by atoms with Crippen molar-refractivity contribution in [3.8, 4) is 11.5 Å². The van der Waals surface area contributed by atoms with Gasteiger partial charge in [0.2, 0.25) is 0 Å². The Bertz CT molecular complexity index is 679. The molecule has 4 rings (SSSR count). The zero-order valence-electron chi connectivity index (χ0n) is 16.4. The molecule has 1 unspecified atom stereocenters. The first kappa shape index (κ1) is 18.1. The molecule has 1 aromatic rings. The van der Waals surface area contributed by atoms with Crippen LogP contribution >= 0.6 is 0 Å². The summed E-state index contributed by atoms with van der Waals surface area (Å²) >= 11 is 0. The molecule has 26 heavy (non-hydrogen) atoms. The van der Waals surface area contributed by atoms with Crippen LogP contribution in [-0.4, -0.2) is 62.0 Å². The summed E-state index contributed by atoms with van der Waals surface area (Å²) in [4.78, 5) is 2.50. The summed E-state index contributed by atoms with van der Waals surface area (Å²) in [5, 5.41) is 12.9.